The van der Waals surface area contributed by atoms with Crippen LogP contribution in [0.5, 0.6) is 0 Å². The highest BCUT2D eigenvalue weighted by Crippen LogP contribution is 2.31. The predicted molar refractivity (Wildman–Crippen MR) is 79.8 cm³/mol. The largest absolute Gasteiger partial charge is 0.323 e. The molecule has 0 radical (unpaired) electrons. The van der Waals surface area contributed by atoms with Gasteiger partial charge in [-0.25, -0.2) is 4.98 Å². The van der Waals surface area contributed by atoms with Crippen LogP contribution in [0.1, 0.15) is 57.3 Å². The van der Waals surface area contributed by atoms with Crippen molar-refractivity contribution in [2.75, 3.05) is 0 Å². The molecule has 100 valence electrons. The first-order valence-corrected chi connectivity index (χ1v) is 7.12. The molecule has 0 spiro atoms. The molecule has 0 saturated carbocycles. The van der Waals surface area contributed by atoms with Gasteiger partial charge in [0.2, 0.25) is 5.78 Å². The van der Waals surface area contributed by atoms with Crippen molar-refractivity contribution in [1.82, 2.24) is 14.4 Å². The summed E-state index contributed by atoms with van der Waals surface area (Å²) in [5.74, 6) is 1.95. The monoisotopic (exact) mass is 255 g/mol. The molecule has 3 aromatic rings. The molecule has 0 fully saturated rings. The van der Waals surface area contributed by atoms with Gasteiger partial charge in [-0.3, -0.25) is 4.40 Å². The van der Waals surface area contributed by atoms with Gasteiger partial charge in [0, 0.05) is 5.92 Å². The van der Waals surface area contributed by atoms with Crippen LogP contribution in [0.25, 0.3) is 16.8 Å². The van der Waals surface area contributed by atoms with Crippen LogP contribution in [0.2, 0.25) is 0 Å². The van der Waals surface area contributed by atoms with Crippen molar-refractivity contribution in [2.24, 2.45) is 0 Å². The van der Waals surface area contributed by atoms with E-state index in [2.05, 4.69) is 61.3 Å². The quantitative estimate of drug-likeness (QED) is 0.736. The summed E-state index contributed by atoms with van der Waals surface area (Å²) in [5.41, 5.74) is 4.97. The molecule has 2 aromatic heterocycles. The maximum absolute atomic E-state index is 4.85. The molecule has 0 bridgehead atoms. The van der Waals surface area contributed by atoms with Crippen molar-refractivity contribution in [2.45, 2.75) is 46.0 Å². The number of fused-ring (bicyclic) bond motifs is 3. The van der Waals surface area contributed by atoms with Gasteiger partial charge in [-0.1, -0.05) is 39.8 Å². The second-order valence-corrected chi connectivity index (χ2v) is 5.65. The number of imidazole rings is 2. The zero-order chi connectivity index (χ0) is 13.6. The highest BCUT2D eigenvalue weighted by Gasteiger charge is 2.21. The molecule has 1 N–H and O–H groups in total. The van der Waals surface area contributed by atoms with E-state index in [0.29, 0.717) is 11.8 Å². The van der Waals surface area contributed by atoms with Crippen molar-refractivity contribution in [3.63, 3.8) is 0 Å². The van der Waals surface area contributed by atoms with Gasteiger partial charge in [-0.15, -0.1) is 0 Å². The molecule has 0 aliphatic rings. The van der Waals surface area contributed by atoms with E-state index in [0.717, 1.165) is 17.7 Å². The molecule has 0 aliphatic heterocycles. The number of para-hydroxylation sites is 2. The van der Waals surface area contributed by atoms with Crippen LogP contribution in [-0.2, 0) is 0 Å². The molecule has 0 saturated heterocycles. The average Bonchev–Trinajstić information content (AvgIpc) is 2.92. The van der Waals surface area contributed by atoms with Crippen LogP contribution in [-0.4, -0.2) is 14.4 Å². The minimum absolute atomic E-state index is 0.471. The van der Waals surface area contributed by atoms with Crippen LogP contribution in [0, 0.1) is 0 Å². The van der Waals surface area contributed by atoms with Gasteiger partial charge in [0.05, 0.1) is 22.4 Å². The van der Waals surface area contributed by atoms with Crippen LogP contribution < -0.4 is 0 Å². The summed E-state index contributed by atoms with van der Waals surface area (Å²) < 4.78 is 2.29. The van der Waals surface area contributed by atoms with Crippen LogP contribution in [0.3, 0.4) is 0 Å². The Morgan fingerprint density at radius 1 is 1.21 bits per heavy atom. The van der Waals surface area contributed by atoms with Crippen LogP contribution in [0.4, 0.5) is 0 Å². The number of benzene rings is 1. The molecule has 2 heterocycles. The SMILES string of the molecule is CCC(C)c1nc2[nH]c3ccccc3n2c1C(C)C. The third-order valence-corrected chi connectivity index (χ3v) is 3.96. The Kier molecular flexibility index (Phi) is 2.85. The Bertz CT molecular complexity index is 718. The Balaban J connectivity index is 2.39. The Labute approximate surface area is 113 Å². The van der Waals surface area contributed by atoms with Gasteiger partial charge in [-0.05, 0) is 24.5 Å². The standard InChI is InChI=1S/C16H21N3/c1-5-11(4)14-15(10(2)3)19-13-9-7-6-8-12(13)17-16(19)18-14/h6-11H,5H2,1-4H3,(H,17,18). The second-order valence-electron chi connectivity index (χ2n) is 5.65. The lowest BCUT2D eigenvalue weighted by atomic mass is 9.98. The zero-order valence-corrected chi connectivity index (χ0v) is 12.1. The Morgan fingerprint density at radius 3 is 2.63 bits per heavy atom. The molecule has 1 unspecified atom stereocenters. The first kappa shape index (κ1) is 12.3. The van der Waals surface area contributed by atoms with Gasteiger partial charge in [0.15, 0.2) is 0 Å². The highest BCUT2D eigenvalue weighted by atomic mass is 15.1. The predicted octanol–water partition coefficient (Wildman–Crippen LogP) is 4.45. The van der Waals surface area contributed by atoms with Crippen molar-refractivity contribution in [3.05, 3.63) is 35.7 Å². The summed E-state index contributed by atoms with van der Waals surface area (Å²) >= 11 is 0. The number of rotatable bonds is 3. The molecular formula is C16H21N3. The number of nitrogens with one attached hydrogen (secondary N) is 1. The summed E-state index contributed by atoms with van der Waals surface area (Å²) in [7, 11) is 0. The number of hydrogen-bond acceptors (Lipinski definition) is 1. The molecule has 1 atom stereocenters. The molecule has 1 aromatic carbocycles. The van der Waals surface area contributed by atoms with Crippen LogP contribution in [0.15, 0.2) is 24.3 Å². The molecule has 3 heteroatoms. The van der Waals surface area contributed by atoms with E-state index in [1.165, 1.54) is 16.9 Å². The third-order valence-electron chi connectivity index (χ3n) is 3.96. The first-order valence-electron chi connectivity index (χ1n) is 7.12. The number of nitrogens with zero attached hydrogens (tertiary/aromatic N) is 2. The lowest BCUT2D eigenvalue weighted by Crippen LogP contribution is -2.02. The summed E-state index contributed by atoms with van der Waals surface area (Å²) in [6.45, 7) is 8.98. The van der Waals surface area contributed by atoms with E-state index in [-0.39, 0.29) is 0 Å². The lowest BCUT2D eigenvalue weighted by Gasteiger charge is -2.12. The molecular weight excluding hydrogens is 234 g/mol. The normalized spacial score (nSPS) is 13.7. The lowest BCUT2D eigenvalue weighted by molar-refractivity contribution is 0.682. The van der Waals surface area contributed by atoms with Crippen molar-refractivity contribution in [3.8, 4) is 0 Å². The van der Waals surface area contributed by atoms with Crippen molar-refractivity contribution in [1.29, 1.82) is 0 Å². The number of aromatic nitrogens is 3. The smallest absolute Gasteiger partial charge is 0.212 e. The van der Waals surface area contributed by atoms with E-state index >= 15 is 0 Å². The van der Waals surface area contributed by atoms with E-state index in [1.54, 1.807) is 0 Å². The van der Waals surface area contributed by atoms with E-state index in [9.17, 15) is 0 Å². The van der Waals surface area contributed by atoms with Gasteiger partial charge < -0.3 is 4.98 Å². The molecule has 3 rings (SSSR count). The van der Waals surface area contributed by atoms with E-state index in [1.807, 2.05) is 0 Å². The number of hydrogen-bond donors (Lipinski definition) is 1. The maximum atomic E-state index is 4.85. The topological polar surface area (TPSA) is 33.1 Å². The third kappa shape index (κ3) is 1.76. The Morgan fingerprint density at radius 2 is 1.95 bits per heavy atom. The first-order chi connectivity index (χ1) is 9.13. The van der Waals surface area contributed by atoms with Crippen molar-refractivity contribution >= 4 is 16.8 Å². The highest BCUT2D eigenvalue weighted by molar-refractivity contribution is 5.80. The molecule has 19 heavy (non-hydrogen) atoms. The maximum Gasteiger partial charge on any atom is 0.212 e. The Hall–Kier alpha value is -1.77. The van der Waals surface area contributed by atoms with E-state index in [4.69, 9.17) is 4.98 Å². The van der Waals surface area contributed by atoms with E-state index < -0.39 is 0 Å². The summed E-state index contributed by atoms with van der Waals surface area (Å²) in [6, 6.07) is 8.41. The zero-order valence-electron chi connectivity index (χ0n) is 12.1. The van der Waals surface area contributed by atoms with Gasteiger partial charge >= 0.3 is 0 Å². The molecule has 3 nitrogen and oxygen atoms in total. The fourth-order valence-electron chi connectivity index (χ4n) is 2.78. The fraction of sp³-hybridized carbons (Fsp3) is 0.438. The van der Waals surface area contributed by atoms with Gasteiger partial charge in [-0.2, -0.15) is 0 Å². The second kappa shape index (κ2) is 4.41. The van der Waals surface area contributed by atoms with Gasteiger partial charge in [0.25, 0.3) is 0 Å². The summed E-state index contributed by atoms with van der Waals surface area (Å²) in [4.78, 5) is 8.27. The number of H-pyrrole nitrogens is 1. The number of aromatic amines is 1. The molecule has 0 amide bonds. The molecule has 0 aliphatic carbocycles. The summed E-state index contributed by atoms with van der Waals surface area (Å²) in [6.07, 6.45) is 1.12. The van der Waals surface area contributed by atoms with Gasteiger partial charge in [0.1, 0.15) is 0 Å². The van der Waals surface area contributed by atoms with Crippen molar-refractivity contribution < 1.29 is 0 Å². The summed E-state index contributed by atoms with van der Waals surface area (Å²) in [5, 5.41) is 0. The average molecular weight is 255 g/mol. The fourth-order valence-corrected chi connectivity index (χ4v) is 2.78. The van der Waals surface area contributed by atoms with Crippen LogP contribution >= 0.6 is 0 Å². The minimum atomic E-state index is 0.471. The minimum Gasteiger partial charge on any atom is -0.323 e.